The lowest BCUT2D eigenvalue weighted by molar-refractivity contribution is 0.0782. The number of imidazole rings is 1. The molecule has 3 rings (SSSR count). The maximum absolute atomic E-state index is 12.7. The Balaban J connectivity index is 1.89. The third-order valence-corrected chi connectivity index (χ3v) is 4.47. The molecule has 1 amide bonds. The zero-order valence-electron chi connectivity index (χ0n) is 14.3. The number of aromatic nitrogens is 3. The molecule has 0 aliphatic rings. The molecule has 126 valence electrons. The van der Waals surface area contributed by atoms with E-state index in [0.29, 0.717) is 17.4 Å². The summed E-state index contributed by atoms with van der Waals surface area (Å²) in [6.07, 6.45) is 1.97. The summed E-state index contributed by atoms with van der Waals surface area (Å²) in [5, 5.41) is 0.446. The first kappa shape index (κ1) is 16.6. The minimum atomic E-state index is -0.0340. The van der Waals surface area contributed by atoms with Gasteiger partial charge >= 0.3 is 0 Å². The Morgan fingerprint density at radius 3 is 2.71 bits per heavy atom. The molecule has 0 aliphatic heterocycles. The van der Waals surface area contributed by atoms with Crippen molar-refractivity contribution in [2.75, 3.05) is 7.05 Å². The Kier molecular flexibility index (Phi) is 4.37. The van der Waals surface area contributed by atoms with Crippen LogP contribution in [0.15, 0.2) is 36.5 Å². The maximum Gasteiger partial charge on any atom is 0.254 e. The smallest absolute Gasteiger partial charge is 0.254 e. The van der Waals surface area contributed by atoms with Crippen LogP contribution in [0, 0.1) is 0 Å². The summed E-state index contributed by atoms with van der Waals surface area (Å²) in [6.45, 7) is 4.67. The molecule has 6 heteroatoms. The molecule has 0 fully saturated rings. The molecule has 24 heavy (non-hydrogen) atoms. The van der Waals surface area contributed by atoms with Crippen LogP contribution in [-0.4, -0.2) is 32.0 Å². The number of halogens is 1. The van der Waals surface area contributed by atoms with Crippen LogP contribution in [0.2, 0.25) is 5.28 Å². The molecule has 1 aromatic carbocycles. The predicted octanol–water partition coefficient (Wildman–Crippen LogP) is 3.88. The van der Waals surface area contributed by atoms with Crippen molar-refractivity contribution in [2.24, 2.45) is 7.05 Å². The Hall–Kier alpha value is -2.27. The summed E-state index contributed by atoms with van der Waals surface area (Å²) >= 11 is 6.22. The van der Waals surface area contributed by atoms with Crippen molar-refractivity contribution in [2.45, 2.75) is 26.4 Å². The molecule has 5 nitrogen and oxygen atoms in total. The summed E-state index contributed by atoms with van der Waals surface area (Å²) in [5.74, 6) is -0.0340. The van der Waals surface area contributed by atoms with Gasteiger partial charge in [0, 0.05) is 37.6 Å². The molecular formula is C18H21ClN4O. The van der Waals surface area contributed by atoms with Crippen LogP contribution in [-0.2, 0) is 13.6 Å². The van der Waals surface area contributed by atoms with E-state index in [1.807, 2.05) is 52.7 Å². The molecule has 2 heterocycles. The average Bonchev–Trinajstić information content (AvgIpc) is 3.08. The number of nitrogens with zero attached hydrogens (tertiary/aromatic N) is 4. The lowest BCUT2D eigenvalue weighted by atomic mass is 10.1. The fourth-order valence-corrected chi connectivity index (χ4v) is 3.27. The van der Waals surface area contributed by atoms with Gasteiger partial charge in [-0.3, -0.25) is 4.79 Å². The minimum Gasteiger partial charge on any atom is -0.353 e. The largest absolute Gasteiger partial charge is 0.353 e. The summed E-state index contributed by atoms with van der Waals surface area (Å²) in [7, 11) is 3.78. The van der Waals surface area contributed by atoms with E-state index in [2.05, 4.69) is 18.8 Å². The molecule has 3 aromatic rings. The van der Waals surface area contributed by atoms with E-state index in [-0.39, 0.29) is 11.9 Å². The second-order valence-corrected chi connectivity index (χ2v) is 6.66. The van der Waals surface area contributed by atoms with Gasteiger partial charge in [0.25, 0.3) is 5.91 Å². The van der Waals surface area contributed by atoms with Crippen molar-refractivity contribution in [3.05, 3.63) is 53.1 Å². The Morgan fingerprint density at radius 2 is 2.08 bits per heavy atom. The number of hydrogen-bond donors (Lipinski definition) is 0. The highest BCUT2D eigenvalue weighted by molar-refractivity contribution is 6.29. The van der Waals surface area contributed by atoms with Crippen molar-refractivity contribution >= 4 is 28.5 Å². The van der Waals surface area contributed by atoms with E-state index in [1.165, 1.54) is 0 Å². The standard InChI is InChI=1S/C18H21ClN4O/c1-12(2)23-16-8-7-13(10-15(16)20-18(23)19)17(24)22(4)11-14-6-5-9-21(14)3/h5-10,12H,11H2,1-4H3. The minimum absolute atomic E-state index is 0.0340. The van der Waals surface area contributed by atoms with Gasteiger partial charge in [-0.25, -0.2) is 4.98 Å². The molecule has 0 saturated carbocycles. The van der Waals surface area contributed by atoms with Crippen LogP contribution in [0.3, 0.4) is 0 Å². The Morgan fingerprint density at radius 1 is 1.33 bits per heavy atom. The van der Waals surface area contributed by atoms with Crippen LogP contribution >= 0.6 is 11.6 Å². The van der Waals surface area contributed by atoms with Crippen molar-refractivity contribution < 1.29 is 4.79 Å². The maximum atomic E-state index is 12.7. The van der Waals surface area contributed by atoms with Crippen molar-refractivity contribution in [3.63, 3.8) is 0 Å². The fraction of sp³-hybridized carbons (Fsp3) is 0.333. The van der Waals surface area contributed by atoms with E-state index in [1.54, 1.807) is 11.9 Å². The summed E-state index contributed by atoms with van der Waals surface area (Å²) in [5.41, 5.74) is 3.38. The quantitative estimate of drug-likeness (QED) is 0.720. The molecule has 0 N–H and O–H groups in total. The zero-order valence-corrected chi connectivity index (χ0v) is 15.1. The molecule has 0 unspecified atom stereocenters. The van der Waals surface area contributed by atoms with E-state index in [0.717, 1.165) is 16.7 Å². The summed E-state index contributed by atoms with van der Waals surface area (Å²) in [4.78, 5) is 18.8. The zero-order chi connectivity index (χ0) is 17.4. The van der Waals surface area contributed by atoms with E-state index >= 15 is 0 Å². The van der Waals surface area contributed by atoms with Gasteiger partial charge in [0.2, 0.25) is 5.28 Å². The second-order valence-electron chi connectivity index (χ2n) is 6.32. The first-order valence-corrected chi connectivity index (χ1v) is 8.29. The van der Waals surface area contributed by atoms with Crippen molar-refractivity contribution in [3.8, 4) is 0 Å². The van der Waals surface area contributed by atoms with E-state index in [9.17, 15) is 4.79 Å². The van der Waals surface area contributed by atoms with Gasteiger partial charge in [-0.15, -0.1) is 0 Å². The number of aryl methyl sites for hydroxylation is 1. The second kappa shape index (κ2) is 6.32. The third-order valence-electron chi connectivity index (χ3n) is 4.21. The number of amides is 1. The van der Waals surface area contributed by atoms with Crippen LogP contribution < -0.4 is 0 Å². The number of rotatable bonds is 4. The highest BCUT2D eigenvalue weighted by atomic mass is 35.5. The number of carbonyl (C=O) groups excluding carboxylic acids is 1. The van der Waals surface area contributed by atoms with Gasteiger partial charge in [0.15, 0.2) is 0 Å². The first-order chi connectivity index (χ1) is 11.4. The first-order valence-electron chi connectivity index (χ1n) is 7.91. The van der Waals surface area contributed by atoms with Gasteiger partial charge in [-0.2, -0.15) is 0 Å². The van der Waals surface area contributed by atoms with Crippen LogP contribution in [0.1, 0.15) is 35.9 Å². The number of fused-ring (bicyclic) bond motifs is 1. The molecule has 0 bridgehead atoms. The van der Waals surface area contributed by atoms with Crippen molar-refractivity contribution in [1.82, 2.24) is 19.0 Å². The Labute approximate surface area is 146 Å². The SMILES string of the molecule is CC(C)n1c(Cl)nc2cc(C(=O)N(C)Cc3cccn3C)ccc21. The number of carbonyl (C=O) groups is 1. The monoisotopic (exact) mass is 344 g/mol. The lowest BCUT2D eigenvalue weighted by Crippen LogP contribution is -2.27. The van der Waals surface area contributed by atoms with Crippen molar-refractivity contribution in [1.29, 1.82) is 0 Å². The van der Waals surface area contributed by atoms with Gasteiger partial charge in [-0.1, -0.05) is 0 Å². The highest BCUT2D eigenvalue weighted by Gasteiger charge is 2.17. The average molecular weight is 345 g/mol. The molecule has 0 aliphatic carbocycles. The van der Waals surface area contributed by atoms with E-state index < -0.39 is 0 Å². The molecular weight excluding hydrogens is 324 g/mol. The van der Waals surface area contributed by atoms with Gasteiger partial charge in [-0.05, 0) is 55.8 Å². The highest BCUT2D eigenvalue weighted by Crippen LogP contribution is 2.25. The summed E-state index contributed by atoms with van der Waals surface area (Å²) < 4.78 is 3.97. The number of hydrogen-bond acceptors (Lipinski definition) is 2. The third kappa shape index (κ3) is 2.91. The Bertz CT molecular complexity index is 894. The summed E-state index contributed by atoms with van der Waals surface area (Å²) in [6, 6.07) is 9.76. The van der Waals surface area contributed by atoms with Crippen LogP contribution in [0.25, 0.3) is 11.0 Å². The molecule has 0 spiro atoms. The number of benzene rings is 1. The lowest BCUT2D eigenvalue weighted by Gasteiger charge is -2.18. The van der Waals surface area contributed by atoms with Gasteiger partial charge in [0.1, 0.15) is 0 Å². The normalized spacial score (nSPS) is 11.4. The molecule has 0 saturated heterocycles. The molecule has 0 atom stereocenters. The fourth-order valence-electron chi connectivity index (χ4n) is 2.89. The van der Waals surface area contributed by atoms with Crippen LogP contribution in [0.5, 0.6) is 0 Å². The van der Waals surface area contributed by atoms with Gasteiger partial charge < -0.3 is 14.0 Å². The topological polar surface area (TPSA) is 43.1 Å². The van der Waals surface area contributed by atoms with Crippen LogP contribution in [0.4, 0.5) is 0 Å². The molecule has 2 aromatic heterocycles. The van der Waals surface area contributed by atoms with E-state index in [4.69, 9.17) is 11.6 Å². The predicted molar refractivity (Wildman–Crippen MR) is 96.3 cm³/mol. The molecule has 0 radical (unpaired) electrons. The van der Waals surface area contributed by atoms with Gasteiger partial charge in [0.05, 0.1) is 17.6 Å².